The number of rotatable bonds is 8. The number of ether oxygens (including phenoxy) is 2. The Morgan fingerprint density at radius 3 is 2.43 bits per heavy atom. The van der Waals surface area contributed by atoms with Crippen LogP contribution >= 0.6 is 0 Å². The maximum absolute atomic E-state index is 14.0. The molecule has 3 aliphatic heterocycles. The topological polar surface area (TPSA) is 93.2 Å². The average Bonchev–Trinajstić information content (AvgIpc) is 3.36. The van der Waals surface area contributed by atoms with Crippen LogP contribution in [0, 0.1) is 5.92 Å². The van der Waals surface area contributed by atoms with Gasteiger partial charge in [-0.2, -0.15) is 0 Å². The predicted octanol–water partition coefficient (Wildman–Crippen LogP) is 2.49. The Hall–Kier alpha value is -3.68. The first-order valence-corrected chi connectivity index (χ1v) is 11.9. The number of ketones is 1. The van der Waals surface area contributed by atoms with Gasteiger partial charge in [-0.15, -0.1) is 0 Å². The Bertz CT molecular complexity index is 1180. The number of likely N-dealkylation sites (tertiary alicyclic amines) is 2. The summed E-state index contributed by atoms with van der Waals surface area (Å²) in [6.07, 6.45) is -0.0880. The molecule has 0 aliphatic carbocycles. The third kappa shape index (κ3) is 3.68. The first-order valence-electron chi connectivity index (χ1n) is 11.9. The number of esters is 1. The van der Waals surface area contributed by atoms with Gasteiger partial charge in [-0.3, -0.25) is 19.2 Å². The molecule has 0 saturated carbocycles. The minimum absolute atomic E-state index is 0.00943. The Kier molecular flexibility index (Phi) is 5.83. The van der Waals surface area contributed by atoms with E-state index in [2.05, 4.69) is 0 Å². The fourth-order valence-electron chi connectivity index (χ4n) is 5.89. The second-order valence-corrected chi connectivity index (χ2v) is 9.37. The molecule has 0 radical (unpaired) electrons. The number of amides is 2. The van der Waals surface area contributed by atoms with Gasteiger partial charge in [-0.1, -0.05) is 48.5 Å². The van der Waals surface area contributed by atoms with Gasteiger partial charge >= 0.3 is 5.97 Å². The molecule has 3 fully saturated rings. The number of carbonyl (C=O) groups excluding carboxylic acids is 4. The fourth-order valence-corrected chi connectivity index (χ4v) is 5.89. The van der Waals surface area contributed by atoms with Crippen LogP contribution in [0.15, 0.2) is 54.6 Å². The molecule has 2 aromatic carbocycles. The molecule has 5 rings (SSSR count). The van der Waals surface area contributed by atoms with E-state index in [1.165, 1.54) is 11.8 Å². The van der Waals surface area contributed by atoms with Crippen LogP contribution in [-0.2, 0) is 37.0 Å². The molecule has 2 amide bonds. The van der Waals surface area contributed by atoms with Crippen LogP contribution in [0.4, 0.5) is 0 Å². The third-order valence-electron chi connectivity index (χ3n) is 7.23. The molecule has 2 aromatic rings. The average molecular weight is 477 g/mol. The van der Waals surface area contributed by atoms with Crippen molar-refractivity contribution in [1.82, 2.24) is 9.80 Å². The van der Waals surface area contributed by atoms with E-state index in [0.717, 1.165) is 11.1 Å². The van der Waals surface area contributed by atoms with Gasteiger partial charge in [-0.25, -0.2) is 0 Å². The summed E-state index contributed by atoms with van der Waals surface area (Å²) in [5.74, 6) is -1.42. The standard InChI is InChI=1S/C27H28N2O6/c1-3-34-21-12-8-7-11-19(21)16-29-24-26(33)28(15-18-9-5-4-6-10-18)22(13-17(2)30)27(24)20(25(29)32)14-23(31)35-27/h4-12,20,22,24H,3,13-16H2,1-2H3/t20-,22-,24-,27-/m0/s1. The highest BCUT2D eigenvalue weighted by Gasteiger charge is 2.76. The van der Waals surface area contributed by atoms with Gasteiger partial charge in [0.05, 0.1) is 31.5 Å². The summed E-state index contributed by atoms with van der Waals surface area (Å²) in [7, 11) is 0. The molecule has 4 atom stereocenters. The Balaban J connectivity index is 1.58. The number of para-hydroxylation sites is 1. The lowest BCUT2D eigenvalue weighted by atomic mass is 9.80. The SMILES string of the molecule is CCOc1ccccc1CN1C(=O)[C@@H]2CC(=O)O[C@]23[C@H](CC(C)=O)N(Cc2ccccc2)C(=O)[C@H]13. The molecule has 1 spiro atoms. The first kappa shape index (κ1) is 23.1. The van der Waals surface area contributed by atoms with Crippen LogP contribution in [0.2, 0.25) is 0 Å². The van der Waals surface area contributed by atoms with Crippen LogP contribution in [0.1, 0.15) is 37.8 Å². The van der Waals surface area contributed by atoms with E-state index >= 15 is 0 Å². The number of benzene rings is 2. The molecule has 3 heterocycles. The Morgan fingerprint density at radius 1 is 1.00 bits per heavy atom. The highest BCUT2D eigenvalue weighted by molar-refractivity contribution is 6.02. The number of hydrogen-bond donors (Lipinski definition) is 0. The number of Topliss-reactive ketones (excluding diaryl/α,β-unsaturated/α-hetero) is 1. The van der Waals surface area contributed by atoms with E-state index in [9.17, 15) is 19.2 Å². The predicted molar refractivity (Wildman–Crippen MR) is 125 cm³/mol. The van der Waals surface area contributed by atoms with Crippen molar-refractivity contribution in [3.8, 4) is 5.75 Å². The summed E-state index contributed by atoms with van der Waals surface area (Å²) in [5.41, 5.74) is 0.277. The molecule has 182 valence electrons. The first-order chi connectivity index (χ1) is 16.9. The lowest BCUT2D eigenvalue weighted by molar-refractivity contribution is -0.154. The molecule has 0 N–H and O–H groups in total. The lowest BCUT2D eigenvalue weighted by Crippen LogP contribution is -2.52. The van der Waals surface area contributed by atoms with Gasteiger partial charge in [0.25, 0.3) is 0 Å². The van der Waals surface area contributed by atoms with Gasteiger partial charge in [-0.05, 0) is 25.5 Å². The summed E-state index contributed by atoms with van der Waals surface area (Å²) in [6.45, 7) is 4.20. The minimum Gasteiger partial charge on any atom is -0.494 e. The Labute approximate surface area is 203 Å². The maximum Gasteiger partial charge on any atom is 0.307 e. The smallest absolute Gasteiger partial charge is 0.307 e. The zero-order valence-electron chi connectivity index (χ0n) is 19.8. The van der Waals surface area contributed by atoms with E-state index in [4.69, 9.17) is 9.47 Å². The molecule has 0 unspecified atom stereocenters. The van der Waals surface area contributed by atoms with E-state index in [1.54, 1.807) is 4.90 Å². The quantitative estimate of drug-likeness (QED) is 0.544. The van der Waals surface area contributed by atoms with Gasteiger partial charge in [0.2, 0.25) is 11.8 Å². The fraction of sp³-hybridized carbons (Fsp3) is 0.407. The van der Waals surface area contributed by atoms with Gasteiger partial charge < -0.3 is 19.3 Å². The molecule has 8 heteroatoms. The zero-order valence-corrected chi connectivity index (χ0v) is 19.8. The summed E-state index contributed by atoms with van der Waals surface area (Å²) < 4.78 is 11.7. The highest BCUT2D eigenvalue weighted by Crippen LogP contribution is 2.54. The summed E-state index contributed by atoms with van der Waals surface area (Å²) in [5, 5.41) is 0. The monoisotopic (exact) mass is 476 g/mol. The van der Waals surface area contributed by atoms with Crippen molar-refractivity contribution in [2.24, 2.45) is 5.92 Å². The van der Waals surface area contributed by atoms with Gasteiger partial charge in [0.15, 0.2) is 11.6 Å². The minimum atomic E-state index is -1.38. The van der Waals surface area contributed by atoms with Crippen molar-refractivity contribution in [2.45, 2.75) is 57.5 Å². The van der Waals surface area contributed by atoms with Crippen molar-refractivity contribution in [3.63, 3.8) is 0 Å². The lowest BCUT2D eigenvalue weighted by Gasteiger charge is -2.34. The number of hydrogen-bond acceptors (Lipinski definition) is 6. The molecule has 8 nitrogen and oxygen atoms in total. The third-order valence-corrected chi connectivity index (χ3v) is 7.23. The van der Waals surface area contributed by atoms with E-state index in [-0.39, 0.29) is 43.5 Å². The number of nitrogens with zero attached hydrogens (tertiary/aromatic N) is 2. The van der Waals surface area contributed by atoms with Crippen molar-refractivity contribution in [3.05, 3.63) is 65.7 Å². The van der Waals surface area contributed by atoms with Gasteiger partial charge in [0.1, 0.15) is 11.5 Å². The van der Waals surface area contributed by atoms with Crippen LogP contribution in [0.25, 0.3) is 0 Å². The molecular weight excluding hydrogens is 448 g/mol. The van der Waals surface area contributed by atoms with Crippen molar-refractivity contribution < 1.29 is 28.7 Å². The van der Waals surface area contributed by atoms with Crippen LogP contribution in [0.3, 0.4) is 0 Å². The molecule has 0 bridgehead atoms. The largest absolute Gasteiger partial charge is 0.494 e. The molecular formula is C27H28N2O6. The summed E-state index contributed by atoms with van der Waals surface area (Å²) >= 11 is 0. The van der Waals surface area contributed by atoms with Crippen LogP contribution in [-0.4, -0.2) is 57.7 Å². The molecule has 3 saturated heterocycles. The van der Waals surface area contributed by atoms with E-state index in [1.807, 2.05) is 61.5 Å². The zero-order chi connectivity index (χ0) is 24.7. The number of carbonyl (C=O) groups is 4. The van der Waals surface area contributed by atoms with Crippen LogP contribution in [0.5, 0.6) is 5.75 Å². The van der Waals surface area contributed by atoms with Crippen LogP contribution < -0.4 is 4.74 Å². The second kappa shape index (κ2) is 8.83. The molecule has 35 heavy (non-hydrogen) atoms. The van der Waals surface area contributed by atoms with E-state index < -0.39 is 29.6 Å². The molecule has 3 aliphatic rings. The maximum atomic E-state index is 14.0. The van der Waals surface area contributed by atoms with E-state index in [0.29, 0.717) is 12.4 Å². The highest BCUT2D eigenvalue weighted by atomic mass is 16.6. The normalized spacial score (nSPS) is 27.1. The second-order valence-electron chi connectivity index (χ2n) is 9.37. The summed E-state index contributed by atoms with van der Waals surface area (Å²) in [4.78, 5) is 55.6. The van der Waals surface area contributed by atoms with Gasteiger partial charge in [0, 0.05) is 18.5 Å². The van der Waals surface area contributed by atoms with Crippen molar-refractivity contribution in [2.75, 3.05) is 6.61 Å². The van der Waals surface area contributed by atoms with Crippen molar-refractivity contribution in [1.29, 1.82) is 0 Å². The van der Waals surface area contributed by atoms with Crippen molar-refractivity contribution >= 4 is 23.6 Å². The molecule has 0 aromatic heterocycles. The summed E-state index contributed by atoms with van der Waals surface area (Å²) in [6, 6.07) is 15.1. The Morgan fingerprint density at radius 2 is 1.71 bits per heavy atom.